The molecule has 0 atom stereocenters. The summed E-state index contributed by atoms with van der Waals surface area (Å²) in [5.74, 6) is 0. The molecule has 0 saturated heterocycles. The molecule has 0 aliphatic carbocycles. The minimum absolute atomic E-state index is 0.607. The van der Waals surface area contributed by atoms with Crippen LogP contribution in [0.4, 0.5) is 0 Å². The summed E-state index contributed by atoms with van der Waals surface area (Å²) in [5.41, 5.74) is 7.34. The van der Waals surface area contributed by atoms with Gasteiger partial charge in [-0.25, -0.2) is 9.97 Å². The average molecular weight is 241 g/mol. The van der Waals surface area contributed by atoms with Crippen molar-refractivity contribution in [1.29, 1.82) is 0 Å². The van der Waals surface area contributed by atoms with Crippen LogP contribution >= 0.6 is 15.9 Å². The van der Waals surface area contributed by atoms with E-state index in [9.17, 15) is 0 Å². The first-order chi connectivity index (χ1) is 6.33. The van der Waals surface area contributed by atoms with E-state index in [0.29, 0.717) is 6.54 Å². The van der Waals surface area contributed by atoms with Crippen LogP contribution in [0.25, 0.3) is 5.65 Å². The minimum atomic E-state index is 0.607. The molecule has 68 valence electrons. The number of hydrogen-bond donors (Lipinski definition) is 1. The lowest BCUT2D eigenvalue weighted by Gasteiger charge is -1.93. The van der Waals surface area contributed by atoms with Crippen molar-refractivity contribution >= 4 is 21.6 Å². The van der Waals surface area contributed by atoms with E-state index in [1.54, 1.807) is 12.5 Å². The van der Waals surface area contributed by atoms with Gasteiger partial charge in [-0.05, 0) is 28.5 Å². The van der Waals surface area contributed by atoms with Gasteiger partial charge in [0, 0.05) is 12.6 Å². The maximum atomic E-state index is 5.47. The van der Waals surface area contributed by atoms with Gasteiger partial charge in [0.1, 0.15) is 16.6 Å². The quantitative estimate of drug-likeness (QED) is 0.853. The van der Waals surface area contributed by atoms with Crippen molar-refractivity contribution in [2.45, 2.75) is 6.42 Å². The molecule has 5 heteroatoms. The zero-order valence-electron chi connectivity index (χ0n) is 6.94. The summed E-state index contributed by atoms with van der Waals surface area (Å²) in [7, 11) is 0. The molecule has 0 bridgehead atoms. The van der Waals surface area contributed by atoms with Gasteiger partial charge >= 0.3 is 0 Å². The summed E-state index contributed by atoms with van der Waals surface area (Å²) in [6, 6.07) is 1.87. The number of imidazole rings is 1. The van der Waals surface area contributed by atoms with Crippen LogP contribution in [0, 0.1) is 0 Å². The molecule has 0 spiro atoms. The number of rotatable bonds is 2. The number of nitrogens with two attached hydrogens (primary N) is 1. The Labute approximate surface area is 83.9 Å². The predicted octanol–water partition coefficient (Wildman–Crippen LogP) is 0.993. The van der Waals surface area contributed by atoms with E-state index in [1.165, 1.54) is 0 Å². The molecule has 0 saturated carbocycles. The van der Waals surface area contributed by atoms with E-state index in [-0.39, 0.29) is 0 Å². The van der Waals surface area contributed by atoms with E-state index in [1.807, 2.05) is 10.5 Å². The molecule has 2 aromatic rings. The van der Waals surface area contributed by atoms with Crippen LogP contribution in [0.3, 0.4) is 0 Å². The van der Waals surface area contributed by atoms with Gasteiger partial charge in [-0.3, -0.25) is 4.40 Å². The highest BCUT2D eigenvalue weighted by Crippen LogP contribution is 2.17. The highest BCUT2D eigenvalue weighted by Gasteiger charge is 2.07. The summed E-state index contributed by atoms with van der Waals surface area (Å²) < 4.78 is 2.84. The maximum Gasteiger partial charge on any atom is 0.140 e. The lowest BCUT2D eigenvalue weighted by Crippen LogP contribution is -2.03. The molecule has 0 unspecified atom stereocenters. The normalized spacial score (nSPS) is 10.9. The van der Waals surface area contributed by atoms with Gasteiger partial charge in [-0.2, -0.15) is 0 Å². The van der Waals surface area contributed by atoms with Crippen LogP contribution in [0.1, 0.15) is 5.69 Å². The van der Waals surface area contributed by atoms with Crippen molar-refractivity contribution in [2.75, 3.05) is 6.54 Å². The van der Waals surface area contributed by atoms with Gasteiger partial charge in [0.05, 0.1) is 5.69 Å². The lowest BCUT2D eigenvalue weighted by molar-refractivity contribution is 0.927. The second-order valence-corrected chi connectivity index (χ2v) is 3.45. The van der Waals surface area contributed by atoms with Gasteiger partial charge in [0.25, 0.3) is 0 Å². The van der Waals surface area contributed by atoms with Crippen LogP contribution < -0.4 is 5.73 Å². The largest absolute Gasteiger partial charge is 0.330 e. The smallest absolute Gasteiger partial charge is 0.140 e. The van der Waals surface area contributed by atoms with E-state index in [2.05, 4.69) is 25.9 Å². The van der Waals surface area contributed by atoms with Crippen molar-refractivity contribution in [3.8, 4) is 0 Å². The highest BCUT2D eigenvalue weighted by atomic mass is 79.9. The Morgan fingerprint density at radius 2 is 2.38 bits per heavy atom. The molecule has 0 fully saturated rings. The lowest BCUT2D eigenvalue weighted by atomic mass is 10.3. The van der Waals surface area contributed by atoms with Crippen molar-refractivity contribution in [1.82, 2.24) is 14.4 Å². The van der Waals surface area contributed by atoms with Crippen LogP contribution in [0.5, 0.6) is 0 Å². The topological polar surface area (TPSA) is 56.2 Å². The fourth-order valence-corrected chi connectivity index (χ4v) is 1.78. The van der Waals surface area contributed by atoms with E-state index in [0.717, 1.165) is 22.4 Å². The Morgan fingerprint density at radius 1 is 1.54 bits per heavy atom. The van der Waals surface area contributed by atoms with Crippen molar-refractivity contribution < 1.29 is 0 Å². The molecule has 2 rings (SSSR count). The zero-order chi connectivity index (χ0) is 9.26. The molecule has 0 radical (unpaired) electrons. The molecular weight excluding hydrogens is 232 g/mol. The fourth-order valence-electron chi connectivity index (χ4n) is 1.22. The molecule has 0 aliphatic heterocycles. The molecule has 4 nitrogen and oxygen atoms in total. The number of hydrogen-bond acceptors (Lipinski definition) is 3. The Morgan fingerprint density at radius 3 is 3.08 bits per heavy atom. The zero-order valence-corrected chi connectivity index (χ0v) is 8.53. The summed E-state index contributed by atoms with van der Waals surface area (Å²) in [4.78, 5) is 8.41. The highest BCUT2D eigenvalue weighted by molar-refractivity contribution is 9.10. The summed E-state index contributed by atoms with van der Waals surface area (Å²) in [5, 5.41) is 0. The molecule has 2 aromatic heterocycles. The first-order valence-corrected chi connectivity index (χ1v) is 4.78. The Hall–Kier alpha value is -0.940. The number of fused-ring (bicyclic) bond motifs is 1. The fraction of sp³-hybridized carbons (Fsp3) is 0.250. The number of aromatic nitrogens is 3. The summed E-state index contributed by atoms with van der Waals surface area (Å²) in [6.07, 6.45) is 4.23. The first-order valence-electron chi connectivity index (χ1n) is 3.99. The Balaban J connectivity index is 2.60. The van der Waals surface area contributed by atoms with Crippen molar-refractivity contribution in [2.24, 2.45) is 5.73 Å². The summed E-state index contributed by atoms with van der Waals surface area (Å²) in [6.45, 7) is 0.607. The van der Waals surface area contributed by atoms with Crippen molar-refractivity contribution in [3.63, 3.8) is 0 Å². The van der Waals surface area contributed by atoms with Crippen LogP contribution in [-0.4, -0.2) is 20.9 Å². The molecule has 2 N–H and O–H groups in total. The standard InChI is InChI=1S/C8H9BrN4/c9-8-6(1-3-10)12-7-2-4-11-5-13(7)8/h2,4-5H,1,3,10H2. The Bertz CT molecular complexity index is 423. The van der Waals surface area contributed by atoms with Gasteiger partial charge in [0.2, 0.25) is 0 Å². The van der Waals surface area contributed by atoms with E-state index < -0.39 is 0 Å². The molecular formula is C8H9BrN4. The van der Waals surface area contributed by atoms with Crippen LogP contribution in [0.2, 0.25) is 0 Å². The molecule has 0 aliphatic rings. The number of halogens is 1. The predicted molar refractivity (Wildman–Crippen MR) is 53.4 cm³/mol. The second kappa shape index (κ2) is 3.43. The monoisotopic (exact) mass is 240 g/mol. The van der Waals surface area contributed by atoms with Crippen molar-refractivity contribution in [3.05, 3.63) is 28.9 Å². The molecule has 2 heterocycles. The molecule has 13 heavy (non-hydrogen) atoms. The second-order valence-electron chi connectivity index (χ2n) is 2.70. The maximum absolute atomic E-state index is 5.47. The third-order valence-corrected chi connectivity index (χ3v) is 2.66. The van der Waals surface area contributed by atoms with Gasteiger partial charge in [0.15, 0.2) is 0 Å². The third kappa shape index (κ3) is 1.45. The van der Waals surface area contributed by atoms with E-state index >= 15 is 0 Å². The number of nitrogens with zero attached hydrogens (tertiary/aromatic N) is 3. The van der Waals surface area contributed by atoms with E-state index in [4.69, 9.17) is 5.73 Å². The van der Waals surface area contributed by atoms with Gasteiger partial charge in [-0.1, -0.05) is 0 Å². The van der Waals surface area contributed by atoms with Crippen LogP contribution in [0.15, 0.2) is 23.2 Å². The Kier molecular flexibility index (Phi) is 2.28. The molecule has 0 amide bonds. The van der Waals surface area contributed by atoms with Crippen LogP contribution in [-0.2, 0) is 6.42 Å². The summed E-state index contributed by atoms with van der Waals surface area (Å²) >= 11 is 3.46. The minimum Gasteiger partial charge on any atom is -0.330 e. The average Bonchev–Trinajstić information content (AvgIpc) is 2.46. The first kappa shape index (κ1) is 8.65. The van der Waals surface area contributed by atoms with Gasteiger partial charge < -0.3 is 5.73 Å². The SMILES string of the molecule is NCCc1nc2ccncn2c1Br. The molecule has 0 aromatic carbocycles. The third-order valence-electron chi connectivity index (χ3n) is 1.82. The van der Waals surface area contributed by atoms with Gasteiger partial charge in [-0.15, -0.1) is 0 Å².